The molecule has 1 rings (SSSR count). The summed E-state index contributed by atoms with van der Waals surface area (Å²) in [6, 6.07) is -0.147. The predicted octanol–water partition coefficient (Wildman–Crippen LogP) is 3.10. The number of nitrogens with zero attached hydrogens (tertiary/aromatic N) is 1. The lowest BCUT2D eigenvalue weighted by Gasteiger charge is -2.40. The maximum Gasteiger partial charge on any atom is 0.317 e. The quantitative estimate of drug-likeness (QED) is 0.838. The zero-order chi connectivity index (χ0) is 16.3. The second-order valence-corrected chi connectivity index (χ2v) is 7.18. The van der Waals surface area contributed by atoms with Crippen LogP contribution in [0.3, 0.4) is 0 Å². The number of aliphatic carboxylic acids is 1. The SMILES string of the molecule is CCC1CCCN(C(=O)NC(C)(C)C(C)(C)C(=O)O)CC1. The molecule has 1 atom stereocenters. The van der Waals surface area contributed by atoms with E-state index >= 15 is 0 Å². The molecule has 5 nitrogen and oxygen atoms in total. The standard InChI is InChI=1S/C16H30N2O3/c1-6-12-8-7-10-18(11-9-12)14(21)17-16(4,5)15(2,3)13(19)20/h12H,6-11H2,1-5H3,(H,17,21)(H,19,20). The lowest BCUT2D eigenvalue weighted by molar-refractivity contribution is -0.150. The van der Waals surface area contributed by atoms with Gasteiger partial charge in [0.15, 0.2) is 0 Å². The number of likely N-dealkylation sites (tertiary alicyclic amines) is 1. The largest absolute Gasteiger partial charge is 0.481 e. The van der Waals surface area contributed by atoms with Crippen LogP contribution in [0.25, 0.3) is 0 Å². The van der Waals surface area contributed by atoms with Gasteiger partial charge in [0.2, 0.25) is 0 Å². The van der Waals surface area contributed by atoms with E-state index in [0.29, 0.717) is 5.92 Å². The van der Waals surface area contributed by atoms with Crippen LogP contribution in [-0.4, -0.2) is 40.6 Å². The fourth-order valence-corrected chi connectivity index (χ4v) is 2.55. The zero-order valence-electron chi connectivity index (χ0n) is 14.0. The van der Waals surface area contributed by atoms with Crippen molar-refractivity contribution < 1.29 is 14.7 Å². The summed E-state index contributed by atoms with van der Waals surface area (Å²) < 4.78 is 0. The van der Waals surface area contributed by atoms with Gasteiger partial charge in [-0.05, 0) is 52.9 Å². The lowest BCUT2D eigenvalue weighted by atomic mass is 9.74. The average Bonchev–Trinajstić information content (AvgIpc) is 2.62. The topological polar surface area (TPSA) is 69.6 Å². The molecule has 0 spiro atoms. The maximum absolute atomic E-state index is 12.5. The van der Waals surface area contributed by atoms with Gasteiger partial charge in [0.1, 0.15) is 0 Å². The summed E-state index contributed by atoms with van der Waals surface area (Å²) in [5.74, 6) is -0.207. The number of hydrogen-bond donors (Lipinski definition) is 2. The summed E-state index contributed by atoms with van der Waals surface area (Å²) in [4.78, 5) is 25.7. The van der Waals surface area contributed by atoms with Crippen LogP contribution in [0.1, 0.15) is 60.3 Å². The second-order valence-electron chi connectivity index (χ2n) is 7.18. The molecular formula is C16H30N2O3. The number of carbonyl (C=O) groups excluding carboxylic acids is 1. The van der Waals surface area contributed by atoms with Crippen LogP contribution in [0.15, 0.2) is 0 Å². The maximum atomic E-state index is 12.5. The minimum atomic E-state index is -1.03. The number of amides is 2. The van der Waals surface area contributed by atoms with E-state index in [0.717, 1.165) is 32.4 Å². The fourth-order valence-electron chi connectivity index (χ4n) is 2.55. The van der Waals surface area contributed by atoms with Gasteiger partial charge in [-0.3, -0.25) is 4.79 Å². The number of nitrogens with one attached hydrogen (secondary N) is 1. The molecule has 0 aromatic rings. The third-order valence-electron chi connectivity index (χ3n) is 5.23. The molecule has 1 aliphatic rings. The van der Waals surface area contributed by atoms with Crippen LogP contribution in [0.5, 0.6) is 0 Å². The summed E-state index contributed by atoms with van der Waals surface area (Å²) in [6.07, 6.45) is 4.39. The molecule has 0 radical (unpaired) electrons. The molecule has 1 heterocycles. The average molecular weight is 298 g/mol. The van der Waals surface area contributed by atoms with Crippen molar-refractivity contribution in [1.82, 2.24) is 10.2 Å². The van der Waals surface area contributed by atoms with Gasteiger partial charge < -0.3 is 15.3 Å². The van der Waals surface area contributed by atoms with Gasteiger partial charge in [-0.1, -0.05) is 13.3 Å². The smallest absolute Gasteiger partial charge is 0.317 e. The second kappa shape index (κ2) is 6.67. The molecular weight excluding hydrogens is 268 g/mol. The zero-order valence-corrected chi connectivity index (χ0v) is 14.0. The molecule has 2 amide bonds. The number of carboxylic acid groups (broad SMARTS) is 1. The normalized spacial score (nSPS) is 20.8. The van der Waals surface area contributed by atoms with Crippen LogP contribution in [0, 0.1) is 11.3 Å². The van der Waals surface area contributed by atoms with Gasteiger partial charge in [-0.2, -0.15) is 0 Å². The molecule has 122 valence electrons. The first-order valence-corrected chi connectivity index (χ1v) is 7.92. The Morgan fingerprint density at radius 3 is 2.33 bits per heavy atom. The molecule has 21 heavy (non-hydrogen) atoms. The van der Waals surface area contributed by atoms with E-state index < -0.39 is 16.9 Å². The molecule has 0 aromatic carbocycles. The fraction of sp³-hybridized carbons (Fsp3) is 0.875. The van der Waals surface area contributed by atoms with Crippen LogP contribution in [0.4, 0.5) is 4.79 Å². The Morgan fingerprint density at radius 2 is 1.81 bits per heavy atom. The molecule has 1 fully saturated rings. The van der Waals surface area contributed by atoms with Gasteiger partial charge in [0, 0.05) is 13.1 Å². The molecule has 0 aliphatic carbocycles. The Kier molecular flexibility index (Phi) is 5.65. The van der Waals surface area contributed by atoms with E-state index in [1.165, 1.54) is 6.42 Å². The first-order chi connectivity index (χ1) is 9.61. The van der Waals surface area contributed by atoms with Crippen molar-refractivity contribution in [2.75, 3.05) is 13.1 Å². The Balaban J connectivity index is 2.70. The lowest BCUT2D eigenvalue weighted by Crippen LogP contribution is -2.59. The molecule has 5 heteroatoms. The Bertz CT molecular complexity index is 391. The molecule has 0 bridgehead atoms. The molecule has 1 unspecified atom stereocenters. The van der Waals surface area contributed by atoms with Crippen molar-refractivity contribution in [3.05, 3.63) is 0 Å². The first-order valence-electron chi connectivity index (χ1n) is 7.92. The summed E-state index contributed by atoms with van der Waals surface area (Å²) in [5, 5.41) is 12.3. The van der Waals surface area contributed by atoms with Gasteiger partial charge in [-0.15, -0.1) is 0 Å². The van der Waals surface area contributed by atoms with E-state index in [2.05, 4.69) is 12.2 Å². The minimum Gasteiger partial charge on any atom is -0.481 e. The van der Waals surface area contributed by atoms with Gasteiger partial charge >= 0.3 is 12.0 Å². The molecule has 1 aliphatic heterocycles. The van der Waals surface area contributed by atoms with E-state index in [-0.39, 0.29) is 6.03 Å². The van der Waals surface area contributed by atoms with Crippen molar-refractivity contribution in [3.63, 3.8) is 0 Å². The Hall–Kier alpha value is -1.26. The van der Waals surface area contributed by atoms with Gasteiger partial charge in [0.25, 0.3) is 0 Å². The van der Waals surface area contributed by atoms with Crippen molar-refractivity contribution in [1.29, 1.82) is 0 Å². The monoisotopic (exact) mass is 298 g/mol. The summed E-state index contributed by atoms with van der Waals surface area (Å²) in [7, 11) is 0. The van der Waals surface area contributed by atoms with Crippen LogP contribution in [-0.2, 0) is 4.79 Å². The first kappa shape index (κ1) is 17.8. The Labute approximate surface area is 128 Å². The van der Waals surface area contributed by atoms with Crippen LogP contribution in [0.2, 0.25) is 0 Å². The van der Waals surface area contributed by atoms with Crippen molar-refractivity contribution in [2.45, 2.75) is 65.8 Å². The van der Waals surface area contributed by atoms with Crippen molar-refractivity contribution in [2.24, 2.45) is 11.3 Å². The van der Waals surface area contributed by atoms with Gasteiger partial charge in [0.05, 0.1) is 11.0 Å². The van der Waals surface area contributed by atoms with Gasteiger partial charge in [-0.25, -0.2) is 4.79 Å². The van der Waals surface area contributed by atoms with E-state index in [4.69, 9.17) is 0 Å². The van der Waals surface area contributed by atoms with Crippen LogP contribution >= 0.6 is 0 Å². The third kappa shape index (κ3) is 4.11. The number of hydrogen-bond acceptors (Lipinski definition) is 2. The highest BCUT2D eigenvalue weighted by atomic mass is 16.4. The minimum absolute atomic E-state index is 0.147. The summed E-state index contributed by atoms with van der Waals surface area (Å²) >= 11 is 0. The highest BCUT2D eigenvalue weighted by Crippen LogP contribution is 2.31. The van der Waals surface area contributed by atoms with E-state index in [1.54, 1.807) is 27.7 Å². The Morgan fingerprint density at radius 1 is 1.19 bits per heavy atom. The predicted molar refractivity (Wildman–Crippen MR) is 83.2 cm³/mol. The highest BCUT2D eigenvalue weighted by molar-refractivity contribution is 5.79. The summed E-state index contributed by atoms with van der Waals surface area (Å²) in [5.41, 5.74) is -1.84. The molecule has 1 saturated heterocycles. The van der Waals surface area contributed by atoms with E-state index in [1.807, 2.05) is 4.90 Å². The number of urea groups is 1. The van der Waals surface area contributed by atoms with Crippen molar-refractivity contribution >= 4 is 12.0 Å². The number of carboxylic acids is 1. The molecule has 2 N–H and O–H groups in total. The molecule has 0 aromatic heterocycles. The van der Waals surface area contributed by atoms with Crippen molar-refractivity contribution in [3.8, 4) is 0 Å². The third-order valence-corrected chi connectivity index (χ3v) is 5.23. The number of carbonyl (C=O) groups is 2. The van der Waals surface area contributed by atoms with Crippen LogP contribution < -0.4 is 5.32 Å². The summed E-state index contributed by atoms with van der Waals surface area (Å²) in [6.45, 7) is 10.5. The number of rotatable bonds is 4. The highest BCUT2D eigenvalue weighted by Gasteiger charge is 2.45. The van der Waals surface area contributed by atoms with E-state index in [9.17, 15) is 14.7 Å². The molecule has 0 saturated carbocycles.